The van der Waals surface area contributed by atoms with Gasteiger partial charge in [-0.1, -0.05) is 13.8 Å². The van der Waals surface area contributed by atoms with E-state index in [1.807, 2.05) is 0 Å². The predicted octanol–water partition coefficient (Wildman–Crippen LogP) is 0.364. The zero-order valence-electron chi connectivity index (χ0n) is 10.9. The quantitative estimate of drug-likeness (QED) is 0.508. The van der Waals surface area contributed by atoms with Gasteiger partial charge in [0.2, 0.25) is 0 Å². The predicted molar refractivity (Wildman–Crippen MR) is 60.5 cm³/mol. The summed E-state index contributed by atoms with van der Waals surface area (Å²) in [4.78, 5) is 44.9. The fourth-order valence-electron chi connectivity index (χ4n) is 1.75. The number of carboxylic acids is 4. The van der Waals surface area contributed by atoms with Crippen LogP contribution in [0.5, 0.6) is 0 Å². The van der Waals surface area contributed by atoms with Crippen LogP contribution in [0, 0.1) is 16.2 Å². The van der Waals surface area contributed by atoms with Crippen molar-refractivity contribution in [2.24, 2.45) is 16.2 Å². The highest BCUT2D eigenvalue weighted by molar-refractivity contribution is 6.04. The molecule has 0 bridgehead atoms. The van der Waals surface area contributed by atoms with Crippen molar-refractivity contribution in [2.45, 2.75) is 27.7 Å². The Labute approximate surface area is 108 Å². The molecule has 0 aromatic rings. The van der Waals surface area contributed by atoms with Gasteiger partial charge in [-0.15, -0.1) is 0 Å². The molecule has 0 amide bonds. The molecule has 8 nitrogen and oxygen atoms in total. The lowest BCUT2D eigenvalue weighted by Gasteiger charge is -2.45. The van der Waals surface area contributed by atoms with Gasteiger partial charge in [-0.05, 0) is 13.8 Å². The second kappa shape index (κ2) is 4.52. The fourth-order valence-corrected chi connectivity index (χ4v) is 1.75. The standard InChI is InChI=1S/C11H16O8/c1-9(2,10(3,5(12)13)6(14)15)11(4,7(16)17)8(18)19/h1-4H3,(H,12,13)(H,14,15)(H,16,17)(H,18,19). The first-order chi connectivity index (χ1) is 8.27. The normalized spacial score (nSPS) is 12.8. The van der Waals surface area contributed by atoms with E-state index >= 15 is 0 Å². The van der Waals surface area contributed by atoms with Gasteiger partial charge in [0.25, 0.3) is 0 Å². The van der Waals surface area contributed by atoms with Crippen LogP contribution in [0.1, 0.15) is 27.7 Å². The van der Waals surface area contributed by atoms with Gasteiger partial charge < -0.3 is 20.4 Å². The van der Waals surface area contributed by atoms with Crippen molar-refractivity contribution >= 4 is 23.9 Å². The van der Waals surface area contributed by atoms with Crippen LogP contribution in [-0.4, -0.2) is 44.3 Å². The molecule has 0 aliphatic heterocycles. The first-order valence-electron chi connectivity index (χ1n) is 5.21. The molecule has 108 valence electrons. The Morgan fingerprint density at radius 3 is 0.842 bits per heavy atom. The van der Waals surface area contributed by atoms with Gasteiger partial charge in [0, 0.05) is 5.41 Å². The molecule has 0 aromatic carbocycles. The number of rotatable bonds is 6. The van der Waals surface area contributed by atoms with Gasteiger partial charge >= 0.3 is 23.9 Å². The molecule has 0 aliphatic carbocycles. The molecule has 0 saturated carbocycles. The Kier molecular flexibility index (Phi) is 4.02. The molecule has 19 heavy (non-hydrogen) atoms. The average molecular weight is 276 g/mol. The maximum atomic E-state index is 11.2. The lowest BCUT2D eigenvalue weighted by molar-refractivity contribution is -0.192. The van der Waals surface area contributed by atoms with E-state index in [9.17, 15) is 19.2 Å². The molecule has 0 spiro atoms. The number of aliphatic carboxylic acids is 4. The third-order valence-corrected chi connectivity index (χ3v) is 4.21. The van der Waals surface area contributed by atoms with Crippen molar-refractivity contribution < 1.29 is 39.6 Å². The molecule has 0 aliphatic rings. The van der Waals surface area contributed by atoms with E-state index in [-0.39, 0.29) is 0 Å². The van der Waals surface area contributed by atoms with Crippen LogP contribution in [0.3, 0.4) is 0 Å². The van der Waals surface area contributed by atoms with Gasteiger partial charge in [-0.3, -0.25) is 19.2 Å². The Morgan fingerprint density at radius 2 is 0.737 bits per heavy atom. The summed E-state index contributed by atoms with van der Waals surface area (Å²) in [5.41, 5.74) is -7.27. The highest BCUT2D eigenvalue weighted by Gasteiger charge is 2.67. The van der Waals surface area contributed by atoms with Crippen molar-refractivity contribution in [1.29, 1.82) is 0 Å². The van der Waals surface area contributed by atoms with Crippen LogP contribution in [0.15, 0.2) is 0 Å². The van der Waals surface area contributed by atoms with Gasteiger partial charge in [0.1, 0.15) is 0 Å². The Balaban J connectivity index is 6.37. The minimum absolute atomic E-state index is 0.793. The van der Waals surface area contributed by atoms with Crippen molar-refractivity contribution in [3.63, 3.8) is 0 Å². The zero-order chi connectivity index (χ0) is 15.8. The SMILES string of the molecule is CC(C(=O)O)(C(=O)O)C(C)(C)C(C)(C(=O)O)C(=O)O. The minimum Gasteiger partial charge on any atom is -0.480 e. The van der Waals surface area contributed by atoms with Crippen molar-refractivity contribution in [3.05, 3.63) is 0 Å². The summed E-state index contributed by atoms with van der Waals surface area (Å²) in [6.07, 6.45) is 0. The molecule has 0 unspecified atom stereocenters. The van der Waals surface area contributed by atoms with Gasteiger partial charge in [-0.2, -0.15) is 0 Å². The second-order valence-electron chi connectivity index (χ2n) is 5.10. The minimum atomic E-state index is -2.58. The number of hydrogen-bond acceptors (Lipinski definition) is 4. The van der Waals surface area contributed by atoms with Crippen molar-refractivity contribution in [2.75, 3.05) is 0 Å². The largest absolute Gasteiger partial charge is 0.480 e. The molecule has 0 rings (SSSR count). The summed E-state index contributed by atoms with van der Waals surface area (Å²) < 4.78 is 0. The summed E-state index contributed by atoms with van der Waals surface area (Å²) >= 11 is 0. The lowest BCUT2D eigenvalue weighted by Crippen LogP contribution is -2.61. The van der Waals surface area contributed by atoms with E-state index in [0.29, 0.717) is 0 Å². The fraction of sp³-hybridized carbons (Fsp3) is 0.636. The zero-order valence-corrected chi connectivity index (χ0v) is 10.9. The molecule has 0 radical (unpaired) electrons. The van der Waals surface area contributed by atoms with E-state index in [0.717, 1.165) is 27.7 Å². The number of carbonyl (C=O) groups is 4. The lowest BCUT2D eigenvalue weighted by atomic mass is 9.53. The van der Waals surface area contributed by atoms with Gasteiger partial charge in [0.15, 0.2) is 10.8 Å². The van der Waals surface area contributed by atoms with E-state index in [2.05, 4.69) is 0 Å². The van der Waals surface area contributed by atoms with Crippen LogP contribution >= 0.6 is 0 Å². The number of carboxylic acid groups (broad SMARTS) is 4. The van der Waals surface area contributed by atoms with Gasteiger partial charge in [-0.25, -0.2) is 0 Å². The van der Waals surface area contributed by atoms with Crippen LogP contribution in [0.25, 0.3) is 0 Å². The van der Waals surface area contributed by atoms with Crippen LogP contribution in [0.2, 0.25) is 0 Å². The second-order valence-corrected chi connectivity index (χ2v) is 5.10. The van der Waals surface area contributed by atoms with Gasteiger partial charge in [0.05, 0.1) is 0 Å². The topological polar surface area (TPSA) is 149 Å². The summed E-state index contributed by atoms with van der Waals surface area (Å²) in [5, 5.41) is 36.4. The van der Waals surface area contributed by atoms with Crippen molar-refractivity contribution in [3.8, 4) is 0 Å². The van der Waals surface area contributed by atoms with E-state index in [1.165, 1.54) is 0 Å². The highest BCUT2D eigenvalue weighted by Crippen LogP contribution is 2.52. The molecular formula is C11H16O8. The molecule has 4 N–H and O–H groups in total. The Bertz CT molecular complexity index is 380. The average Bonchev–Trinajstić information content (AvgIpc) is 2.24. The summed E-state index contributed by atoms with van der Waals surface area (Å²) in [5.74, 6) is -7.23. The third kappa shape index (κ3) is 1.92. The van der Waals surface area contributed by atoms with E-state index in [1.54, 1.807) is 0 Å². The molecule has 0 fully saturated rings. The first-order valence-corrected chi connectivity index (χ1v) is 5.21. The third-order valence-electron chi connectivity index (χ3n) is 4.21. The van der Waals surface area contributed by atoms with E-state index < -0.39 is 40.1 Å². The van der Waals surface area contributed by atoms with Crippen LogP contribution in [-0.2, 0) is 19.2 Å². The monoisotopic (exact) mass is 276 g/mol. The molecule has 8 heteroatoms. The van der Waals surface area contributed by atoms with Crippen LogP contribution in [0.4, 0.5) is 0 Å². The molecule has 0 saturated heterocycles. The summed E-state index contributed by atoms with van der Waals surface area (Å²) in [6, 6.07) is 0. The van der Waals surface area contributed by atoms with Crippen LogP contribution < -0.4 is 0 Å². The highest BCUT2D eigenvalue weighted by atomic mass is 16.4. The summed E-state index contributed by atoms with van der Waals surface area (Å²) in [6.45, 7) is 3.58. The first kappa shape index (κ1) is 16.9. The molecule has 0 atom stereocenters. The Hall–Kier alpha value is -2.12. The summed E-state index contributed by atoms with van der Waals surface area (Å²) in [7, 11) is 0. The number of hydrogen-bond donors (Lipinski definition) is 4. The van der Waals surface area contributed by atoms with E-state index in [4.69, 9.17) is 20.4 Å². The maximum Gasteiger partial charge on any atom is 0.321 e. The maximum absolute atomic E-state index is 11.2. The molecule has 0 aromatic heterocycles. The smallest absolute Gasteiger partial charge is 0.321 e. The van der Waals surface area contributed by atoms with Crippen molar-refractivity contribution in [1.82, 2.24) is 0 Å². The molecular weight excluding hydrogens is 260 g/mol. The molecule has 0 heterocycles. The Morgan fingerprint density at radius 1 is 0.579 bits per heavy atom.